The summed E-state index contributed by atoms with van der Waals surface area (Å²) in [6, 6.07) is 9.61. The molecule has 1 atom stereocenters. The molecule has 2 N–H and O–H groups in total. The third-order valence-electron chi connectivity index (χ3n) is 3.72. The molecular formula is C16H20N4O2S. The van der Waals surface area contributed by atoms with Crippen LogP contribution in [0.15, 0.2) is 40.3 Å². The molecule has 1 aliphatic rings. The summed E-state index contributed by atoms with van der Waals surface area (Å²) >= 11 is 1.35. The van der Waals surface area contributed by atoms with Gasteiger partial charge in [-0.2, -0.15) is 0 Å². The van der Waals surface area contributed by atoms with E-state index in [-0.39, 0.29) is 28.8 Å². The van der Waals surface area contributed by atoms with Crippen LogP contribution in [-0.4, -0.2) is 25.9 Å². The number of carbonyl (C=O) groups excluding carboxylic acids is 1. The van der Waals surface area contributed by atoms with Crippen molar-refractivity contribution in [2.75, 3.05) is 5.32 Å². The number of H-pyrrole nitrogens is 1. The monoisotopic (exact) mass is 332 g/mol. The fourth-order valence-corrected chi connectivity index (χ4v) is 3.48. The second kappa shape index (κ2) is 6.62. The van der Waals surface area contributed by atoms with Gasteiger partial charge in [-0.1, -0.05) is 43.8 Å². The molecule has 0 aliphatic heterocycles. The van der Waals surface area contributed by atoms with E-state index < -0.39 is 0 Å². The second-order valence-electron chi connectivity index (χ2n) is 6.05. The summed E-state index contributed by atoms with van der Waals surface area (Å²) < 4.78 is 1.68. The van der Waals surface area contributed by atoms with Crippen molar-refractivity contribution in [3.63, 3.8) is 0 Å². The smallest absolute Gasteiger partial charge is 0.325 e. The molecule has 3 rings (SSSR count). The predicted molar refractivity (Wildman–Crippen MR) is 90.7 cm³/mol. The Kier molecular flexibility index (Phi) is 4.56. The summed E-state index contributed by atoms with van der Waals surface area (Å²) in [5.41, 5.74) is 0.575. The Hall–Kier alpha value is -2.02. The molecule has 0 bridgehead atoms. The standard InChI is InChI=1S/C16H20N4O2S/c1-10(2)13(14(21)17-11-6-4-3-5-7-11)23-16-19-18-15(22)20(16)12-8-9-12/h3-7,10,12-13H,8-9H2,1-2H3,(H,17,21)(H,18,22)/t13-/m0/s1. The fourth-order valence-electron chi connectivity index (χ4n) is 2.37. The van der Waals surface area contributed by atoms with Crippen molar-refractivity contribution < 1.29 is 4.79 Å². The quantitative estimate of drug-likeness (QED) is 0.797. The Bertz CT molecular complexity index is 734. The van der Waals surface area contributed by atoms with Crippen molar-refractivity contribution in [1.82, 2.24) is 14.8 Å². The van der Waals surface area contributed by atoms with E-state index in [1.165, 1.54) is 11.8 Å². The number of rotatable bonds is 6. The highest BCUT2D eigenvalue weighted by Crippen LogP contribution is 2.37. The van der Waals surface area contributed by atoms with E-state index in [1.807, 2.05) is 44.2 Å². The maximum absolute atomic E-state index is 12.6. The number of nitrogens with one attached hydrogen (secondary N) is 2. The largest absolute Gasteiger partial charge is 0.344 e. The average molecular weight is 332 g/mol. The van der Waals surface area contributed by atoms with E-state index in [0.29, 0.717) is 5.16 Å². The lowest BCUT2D eigenvalue weighted by Crippen LogP contribution is -2.30. The van der Waals surface area contributed by atoms with Gasteiger partial charge in [0.05, 0.1) is 5.25 Å². The third kappa shape index (κ3) is 3.67. The first kappa shape index (κ1) is 15.9. The average Bonchev–Trinajstić information content (AvgIpc) is 3.29. The zero-order valence-corrected chi connectivity index (χ0v) is 14.0. The van der Waals surface area contributed by atoms with Crippen molar-refractivity contribution in [1.29, 1.82) is 0 Å². The van der Waals surface area contributed by atoms with Crippen LogP contribution in [0.3, 0.4) is 0 Å². The molecule has 1 fully saturated rings. The minimum Gasteiger partial charge on any atom is -0.325 e. The Morgan fingerprint density at radius 2 is 2.04 bits per heavy atom. The van der Waals surface area contributed by atoms with Crippen LogP contribution in [0.1, 0.15) is 32.7 Å². The normalized spacial score (nSPS) is 15.6. The van der Waals surface area contributed by atoms with Gasteiger partial charge < -0.3 is 5.32 Å². The highest BCUT2D eigenvalue weighted by atomic mass is 32.2. The number of para-hydroxylation sites is 1. The lowest BCUT2D eigenvalue weighted by molar-refractivity contribution is -0.116. The van der Waals surface area contributed by atoms with Crippen LogP contribution in [0.4, 0.5) is 5.69 Å². The van der Waals surface area contributed by atoms with Gasteiger partial charge in [-0.05, 0) is 30.9 Å². The van der Waals surface area contributed by atoms with E-state index in [2.05, 4.69) is 15.5 Å². The molecule has 0 spiro atoms. The molecular weight excluding hydrogens is 312 g/mol. The molecule has 2 aromatic rings. The first-order chi connectivity index (χ1) is 11.1. The summed E-state index contributed by atoms with van der Waals surface area (Å²) in [5.74, 6) is 0.0390. The zero-order valence-electron chi connectivity index (χ0n) is 13.2. The summed E-state index contributed by atoms with van der Waals surface area (Å²) in [4.78, 5) is 24.5. The van der Waals surface area contributed by atoms with Crippen LogP contribution in [0, 0.1) is 5.92 Å². The Morgan fingerprint density at radius 3 is 2.65 bits per heavy atom. The molecule has 0 radical (unpaired) electrons. The van der Waals surface area contributed by atoms with E-state index in [1.54, 1.807) is 4.57 Å². The van der Waals surface area contributed by atoms with Crippen LogP contribution in [-0.2, 0) is 4.79 Å². The van der Waals surface area contributed by atoms with E-state index in [4.69, 9.17) is 0 Å². The van der Waals surface area contributed by atoms with Gasteiger partial charge in [-0.3, -0.25) is 9.36 Å². The number of nitrogens with zero attached hydrogens (tertiary/aromatic N) is 2. The molecule has 7 heteroatoms. The number of benzene rings is 1. The van der Waals surface area contributed by atoms with Gasteiger partial charge in [0.15, 0.2) is 5.16 Å². The molecule has 1 aromatic carbocycles. The number of aromatic nitrogens is 3. The molecule has 6 nitrogen and oxygen atoms in total. The Morgan fingerprint density at radius 1 is 1.35 bits per heavy atom. The molecule has 1 heterocycles. The third-order valence-corrected chi connectivity index (χ3v) is 5.23. The van der Waals surface area contributed by atoms with Crippen LogP contribution in [0.25, 0.3) is 0 Å². The highest BCUT2D eigenvalue weighted by molar-refractivity contribution is 8.00. The van der Waals surface area contributed by atoms with Gasteiger partial charge in [0.1, 0.15) is 0 Å². The van der Waals surface area contributed by atoms with Gasteiger partial charge in [0.25, 0.3) is 0 Å². The summed E-state index contributed by atoms with van der Waals surface area (Å²) in [6.07, 6.45) is 1.99. The zero-order chi connectivity index (χ0) is 16.4. The molecule has 122 valence electrons. The van der Waals surface area contributed by atoms with Crippen molar-refractivity contribution in [2.45, 2.75) is 43.1 Å². The highest BCUT2D eigenvalue weighted by Gasteiger charge is 2.32. The number of hydrogen-bond donors (Lipinski definition) is 2. The van der Waals surface area contributed by atoms with Crippen LogP contribution in [0.2, 0.25) is 0 Å². The van der Waals surface area contributed by atoms with Crippen LogP contribution in [0.5, 0.6) is 0 Å². The minimum absolute atomic E-state index is 0.0750. The van der Waals surface area contributed by atoms with Crippen molar-refractivity contribution in [3.05, 3.63) is 40.8 Å². The number of aromatic amines is 1. The van der Waals surface area contributed by atoms with Gasteiger partial charge in [0.2, 0.25) is 5.91 Å². The van der Waals surface area contributed by atoms with Gasteiger partial charge >= 0.3 is 5.69 Å². The lowest BCUT2D eigenvalue weighted by atomic mass is 10.1. The number of amides is 1. The number of carbonyl (C=O) groups is 1. The SMILES string of the molecule is CC(C)[C@H](Sc1n[nH]c(=O)n1C1CC1)C(=O)Nc1ccccc1. The van der Waals surface area contributed by atoms with Crippen molar-refractivity contribution in [2.24, 2.45) is 5.92 Å². The minimum atomic E-state index is -0.317. The number of thioether (sulfide) groups is 1. The summed E-state index contributed by atoms with van der Waals surface area (Å²) in [6.45, 7) is 3.99. The van der Waals surface area contributed by atoms with Crippen LogP contribution >= 0.6 is 11.8 Å². The molecule has 1 aromatic heterocycles. The first-order valence-electron chi connectivity index (χ1n) is 7.75. The molecule has 0 unspecified atom stereocenters. The van der Waals surface area contributed by atoms with Crippen molar-refractivity contribution >= 4 is 23.4 Å². The summed E-state index contributed by atoms with van der Waals surface area (Å²) in [5, 5.41) is 9.80. The molecule has 1 amide bonds. The van der Waals surface area contributed by atoms with Gasteiger partial charge in [-0.15, -0.1) is 5.10 Å². The maximum atomic E-state index is 12.6. The number of hydrogen-bond acceptors (Lipinski definition) is 4. The molecule has 1 saturated carbocycles. The maximum Gasteiger partial charge on any atom is 0.344 e. The van der Waals surface area contributed by atoms with E-state index >= 15 is 0 Å². The summed E-state index contributed by atoms with van der Waals surface area (Å²) in [7, 11) is 0. The second-order valence-corrected chi connectivity index (χ2v) is 7.16. The van der Waals surface area contributed by atoms with Crippen LogP contribution < -0.4 is 11.0 Å². The molecule has 0 saturated heterocycles. The molecule has 23 heavy (non-hydrogen) atoms. The van der Waals surface area contributed by atoms with E-state index in [0.717, 1.165) is 18.5 Å². The van der Waals surface area contributed by atoms with Crippen molar-refractivity contribution in [3.8, 4) is 0 Å². The topological polar surface area (TPSA) is 79.8 Å². The first-order valence-corrected chi connectivity index (χ1v) is 8.63. The van der Waals surface area contributed by atoms with Gasteiger partial charge in [-0.25, -0.2) is 9.89 Å². The van der Waals surface area contributed by atoms with E-state index in [9.17, 15) is 9.59 Å². The predicted octanol–water partition coefficient (Wildman–Crippen LogP) is 2.66. The number of anilines is 1. The Labute approximate surface area is 138 Å². The van der Waals surface area contributed by atoms with Gasteiger partial charge in [0, 0.05) is 11.7 Å². The fraction of sp³-hybridized carbons (Fsp3) is 0.438. The molecule has 1 aliphatic carbocycles. The lowest BCUT2D eigenvalue weighted by Gasteiger charge is -2.19. The Balaban J connectivity index is 1.77.